The predicted octanol–water partition coefficient (Wildman–Crippen LogP) is 2.90. The highest BCUT2D eigenvalue weighted by Crippen LogP contribution is 2.14. The normalized spacial score (nSPS) is 16.8. The van der Waals surface area contributed by atoms with Crippen LogP contribution < -0.4 is 5.73 Å². The number of halogens is 3. The molecule has 0 amide bonds. The Hall–Kier alpha value is -0.350. The predicted molar refractivity (Wildman–Crippen MR) is 78.1 cm³/mol. The van der Waals surface area contributed by atoms with Gasteiger partial charge in [-0.3, -0.25) is 4.90 Å². The molecule has 0 saturated carbocycles. The van der Waals surface area contributed by atoms with Crippen LogP contribution in [0.5, 0.6) is 0 Å². The topological polar surface area (TPSA) is 29.3 Å². The fourth-order valence-corrected chi connectivity index (χ4v) is 2.27. The molecule has 18 heavy (non-hydrogen) atoms. The first-order chi connectivity index (χ1) is 7.63. The van der Waals surface area contributed by atoms with Crippen LogP contribution in [0.3, 0.4) is 0 Å². The maximum Gasteiger partial charge on any atom is 0.123 e. The van der Waals surface area contributed by atoms with Gasteiger partial charge in [-0.25, -0.2) is 4.39 Å². The third-order valence-electron chi connectivity index (χ3n) is 3.14. The summed E-state index contributed by atoms with van der Waals surface area (Å²) in [4.78, 5) is 2.34. The summed E-state index contributed by atoms with van der Waals surface area (Å²) in [6.45, 7) is 4.82. The van der Waals surface area contributed by atoms with Crippen LogP contribution >= 0.6 is 24.8 Å². The van der Waals surface area contributed by atoms with E-state index in [9.17, 15) is 4.39 Å². The molecule has 0 bridgehead atoms. The Labute approximate surface area is 121 Å². The first-order valence-corrected chi connectivity index (χ1v) is 5.87. The van der Waals surface area contributed by atoms with Crippen molar-refractivity contribution < 1.29 is 4.39 Å². The van der Waals surface area contributed by atoms with E-state index in [4.69, 9.17) is 5.73 Å². The molecule has 0 radical (unpaired) electrons. The Bertz CT molecular complexity index is 346. The van der Waals surface area contributed by atoms with E-state index in [0.717, 1.165) is 43.6 Å². The summed E-state index contributed by atoms with van der Waals surface area (Å²) in [5.41, 5.74) is 7.90. The van der Waals surface area contributed by atoms with Crippen molar-refractivity contribution in [2.75, 3.05) is 13.1 Å². The molecule has 1 aliphatic rings. The molecule has 0 spiro atoms. The number of benzene rings is 1. The minimum absolute atomic E-state index is 0. The van der Waals surface area contributed by atoms with Crippen LogP contribution in [0.15, 0.2) is 18.2 Å². The number of aryl methyl sites for hydroxylation is 1. The second-order valence-corrected chi connectivity index (χ2v) is 4.75. The third-order valence-corrected chi connectivity index (χ3v) is 3.14. The van der Waals surface area contributed by atoms with Crippen LogP contribution in [0.4, 0.5) is 4.39 Å². The van der Waals surface area contributed by atoms with Gasteiger partial charge in [0.05, 0.1) is 0 Å². The molecule has 0 aliphatic carbocycles. The van der Waals surface area contributed by atoms with E-state index < -0.39 is 0 Å². The van der Waals surface area contributed by atoms with Crippen molar-refractivity contribution in [2.45, 2.75) is 32.4 Å². The van der Waals surface area contributed by atoms with Crippen LogP contribution in [0.25, 0.3) is 0 Å². The third kappa shape index (κ3) is 5.11. The standard InChI is InChI=1S/C13H19FN2.2ClH/c1-10-6-11(8-12(14)7-10)9-16-4-2-13(15)3-5-16;;/h6-8,13H,2-5,9,15H2,1H3;2*1H. The van der Waals surface area contributed by atoms with Gasteiger partial charge in [0.25, 0.3) is 0 Å². The van der Waals surface area contributed by atoms with E-state index in [1.807, 2.05) is 6.92 Å². The van der Waals surface area contributed by atoms with Gasteiger partial charge in [-0.2, -0.15) is 0 Å². The molecule has 104 valence electrons. The molecular weight excluding hydrogens is 274 g/mol. The van der Waals surface area contributed by atoms with Gasteiger partial charge in [0.2, 0.25) is 0 Å². The van der Waals surface area contributed by atoms with Crippen LogP contribution in [0.2, 0.25) is 0 Å². The zero-order valence-electron chi connectivity index (χ0n) is 10.6. The fourth-order valence-electron chi connectivity index (χ4n) is 2.27. The SMILES string of the molecule is Cc1cc(F)cc(CN2CCC(N)CC2)c1.Cl.Cl. The van der Waals surface area contributed by atoms with Crippen molar-refractivity contribution in [3.8, 4) is 0 Å². The van der Waals surface area contributed by atoms with Gasteiger partial charge < -0.3 is 5.73 Å². The van der Waals surface area contributed by atoms with Gasteiger partial charge in [0, 0.05) is 12.6 Å². The van der Waals surface area contributed by atoms with E-state index in [1.54, 1.807) is 12.1 Å². The van der Waals surface area contributed by atoms with Crippen LogP contribution in [-0.4, -0.2) is 24.0 Å². The van der Waals surface area contributed by atoms with E-state index in [0.29, 0.717) is 6.04 Å². The van der Waals surface area contributed by atoms with Crippen molar-refractivity contribution >= 4 is 24.8 Å². The molecule has 1 aromatic carbocycles. The molecule has 1 saturated heterocycles. The molecule has 0 atom stereocenters. The minimum Gasteiger partial charge on any atom is -0.328 e. The number of nitrogens with zero attached hydrogens (tertiary/aromatic N) is 1. The monoisotopic (exact) mass is 294 g/mol. The second-order valence-electron chi connectivity index (χ2n) is 4.75. The Morgan fingerprint density at radius 3 is 2.39 bits per heavy atom. The lowest BCUT2D eigenvalue weighted by molar-refractivity contribution is 0.205. The minimum atomic E-state index is -0.135. The molecule has 1 aliphatic heterocycles. The summed E-state index contributed by atoms with van der Waals surface area (Å²) < 4.78 is 13.2. The Balaban J connectivity index is 0.00000144. The van der Waals surface area contributed by atoms with Crippen molar-refractivity contribution in [2.24, 2.45) is 5.73 Å². The zero-order valence-corrected chi connectivity index (χ0v) is 12.2. The van der Waals surface area contributed by atoms with E-state index in [1.165, 1.54) is 0 Å². The second kappa shape index (κ2) is 7.95. The highest BCUT2D eigenvalue weighted by atomic mass is 35.5. The molecule has 2 N–H and O–H groups in total. The number of piperidine rings is 1. The van der Waals surface area contributed by atoms with Crippen molar-refractivity contribution in [3.63, 3.8) is 0 Å². The van der Waals surface area contributed by atoms with Gasteiger partial charge >= 0.3 is 0 Å². The number of nitrogens with two attached hydrogens (primary N) is 1. The lowest BCUT2D eigenvalue weighted by atomic mass is 10.0. The van der Waals surface area contributed by atoms with Crippen molar-refractivity contribution in [3.05, 3.63) is 35.1 Å². The number of rotatable bonds is 2. The summed E-state index contributed by atoms with van der Waals surface area (Å²) in [7, 11) is 0. The maximum atomic E-state index is 13.2. The average Bonchev–Trinajstić information content (AvgIpc) is 2.20. The summed E-state index contributed by atoms with van der Waals surface area (Å²) in [6.07, 6.45) is 2.10. The maximum absolute atomic E-state index is 13.2. The molecule has 1 heterocycles. The fraction of sp³-hybridized carbons (Fsp3) is 0.538. The van der Waals surface area contributed by atoms with Gasteiger partial charge in [-0.05, 0) is 56.1 Å². The number of hydrogen-bond acceptors (Lipinski definition) is 2. The smallest absolute Gasteiger partial charge is 0.123 e. The first kappa shape index (κ1) is 17.6. The zero-order chi connectivity index (χ0) is 11.5. The molecule has 1 fully saturated rings. The van der Waals surface area contributed by atoms with Crippen molar-refractivity contribution in [1.82, 2.24) is 4.90 Å². The quantitative estimate of drug-likeness (QED) is 0.909. The number of hydrogen-bond donors (Lipinski definition) is 1. The van der Waals surface area contributed by atoms with Crippen molar-refractivity contribution in [1.29, 1.82) is 0 Å². The Morgan fingerprint density at radius 1 is 1.22 bits per heavy atom. The summed E-state index contributed by atoms with van der Waals surface area (Å²) in [5, 5.41) is 0. The van der Waals surface area contributed by atoms with Gasteiger partial charge in [0.15, 0.2) is 0 Å². The molecule has 2 nitrogen and oxygen atoms in total. The van der Waals surface area contributed by atoms with E-state index >= 15 is 0 Å². The highest BCUT2D eigenvalue weighted by Gasteiger charge is 2.16. The summed E-state index contributed by atoms with van der Waals surface area (Å²) in [5.74, 6) is -0.135. The Morgan fingerprint density at radius 2 is 1.83 bits per heavy atom. The highest BCUT2D eigenvalue weighted by molar-refractivity contribution is 5.85. The molecule has 0 unspecified atom stereocenters. The first-order valence-electron chi connectivity index (χ1n) is 5.87. The Kier molecular flexibility index (Phi) is 7.79. The lowest BCUT2D eigenvalue weighted by Gasteiger charge is -2.30. The summed E-state index contributed by atoms with van der Waals surface area (Å²) >= 11 is 0. The molecule has 2 rings (SSSR count). The molecule has 1 aromatic rings. The number of likely N-dealkylation sites (tertiary alicyclic amines) is 1. The lowest BCUT2D eigenvalue weighted by Crippen LogP contribution is -2.39. The molecule has 0 aromatic heterocycles. The van der Waals surface area contributed by atoms with E-state index in [-0.39, 0.29) is 30.6 Å². The van der Waals surface area contributed by atoms with Gasteiger partial charge in [-0.15, -0.1) is 24.8 Å². The molecular formula is C13H21Cl2FN2. The van der Waals surface area contributed by atoms with Gasteiger partial charge in [-0.1, -0.05) is 6.07 Å². The summed E-state index contributed by atoms with van der Waals surface area (Å²) in [6, 6.07) is 5.60. The average molecular weight is 295 g/mol. The van der Waals surface area contributed by atoms with E-state index in [2.05, 4.69) is 11.0 Å². The van der Waals surface area contributed by atoms with Crippen LogP contribution in [-0.2, 0) is 6.54 Å². The van der Waals surface area contributed by atoms with Crippen LogP contribution in [0.1, 0.15) is 24.0 Å². The van der Waals surface area contributed by atoms with Crippen LogP contribution in [0, 0.1) is 12.7 Å². The largest absolute Gasteiger partial charge is 0.328 e. The van der Waals surface area contributed by atoms with Gasteiger partial charge in [0.1, 0.15) is 5.82 Å². The molecule has 5 heteroatoms.